The van der Waals surface area contributed by atoms with Crippen molar-refractivity contribution in [3.8, 4) is 5.75 Å². The zero-order valence-corrected chi connectivity index (χ0v) is 17.7. The Balaban J connectivity index is 1.75. The molecule has 6 nitrogen and oxygen atoms in total. The predicted molar refractivity (Wildman–Crippen MR) is 119 cm³/mol. The molecule has 0 bridgehead atoms. The number of hydrogen-bond donors (Lipinski definition) is 2. The molecule has 1 unspecified atom stereocenters. The molecule has 6 heteroatoms. The fraction of sp³-hybridized carbons (Fsp3) is 0.292. The van der Waals surface area contributed by atoms with E-state index in [9.17, 15) is 4.79 Å². The van der Waals surface area contributed by atoms with Crippen molar-refractivity contribution in [2.45, 2.75) is 33.6 Å². The Bertz CT molecular complexity index is 1090. The van der Waals surface area contributed by atoms with E-state index in [2.05, 4.69) is 47.4 Å². The van der Waals surface area contributed by atoms with Gasteiger partial charge in [-0.2, -0.15) is 4.98 Å². The Hall–Kier alpha value is -3.41. The van der Waals surface area contributed by atoms with E-state index >= 15 is 0 Å². The first kappa shape index (κ1) is 19.9. The largest absolute Gasteiger partial charge is 0.497 e. The van der Waals surface area contributed by atoms with Crippen LogP contribution in [0.3, 0.4) is 0 Å². The average Bonchev–Trinajstić information content (AvgIpc) is 2.71. The van der Waals surface area contributed by atoms with Crippen LogP contribution in [0, 0.1) is 19.8 Å². The van der Waals surface area contributed by atoms with Crippen LogP contribution in [-0.4, -0.2) is 22.9 Å². The highest BCUT2D eigenvalue weighted by molar-refractivity contribution is 6.03. The van der Waals surface area contributed by atoms with Gasteiger partial charge in [0.15, 0.2) is 5.78 Å². The zero-order chi connectivity index (χ0) is 21.3. The minimum atomic E-state index is 0.0903. The van der Waals surface area contributed by atoms with E-state index in [0.717, 1.165) is 34.8 Å². The second-order valence-corrected chi connectivity index (χ2v) is 7.88. The third-order valence-corrected chi connectivity index (χ3v) is 5.54. The molecular formula is C24H26N4O2. The topological polar surface area (TPSA) is 76.1 Å². The van der Waals surface area contributed by atoms with Crippen LogP contribution < -0.4 is 15.4 Å². The number of Topliss-reactive ketones (excluding diaryl/α,β-unsaturated/α-hetero) is 1. The van der Waals surface area contributed by atoms with Crippen molar-refractivity contribution in [2.24, 2.45) is 5.92 Å². The van der Waals surface area contributed by atoms with Crippen LogP contribution in [0.5, 0.6) is 5.75 Å². The first-order chi connectivity index (χ1) is 14.4. The van der Waals surface area contributed by atoms with Gasteiger partial charge in [0, 0.05) is 17.8 Å². The van der Waals surface area contributed by atoms with Crippen molar-refractivity contribution in [2.75, 3.05) is 17.7 Å². The molecule has 4 rings (SSSR count). The van der Waals surface area contributed by atoms with Gasteiger partial charge in [-0.05, 0) is 67.6 Å². The van der Waals surface area contributed by atoms with Gasteiger partial charge in [-0.25, -0.2) is 4.98 Å². The number of carbonyl (C=O) groups is 1. The number of nitrogens with one attached hydrogen (secondary N) is 2. The Morgan fingerprint density at radius 1 is 1.00 bits per heavy atom. The number of ketones is 1. The van der Waals surface area contributed by atoms with E-state index in [0.29, 0.717) is 23.8 Å². The SMILES string of the molecule is COc1ccc(Nc2nc3c(c(Nc4cccc(C)c4C)n2)C(=O)CC(C)C3)cc1. The van der Waals surface area contributed by atoms with Crippen LogP contribution in [0.25, 0.3) is 0 Å². The Kier molecular flexibility index (Phi) is 5.40. The Labute approximate surface area is 176 Å². The number of fused-ring (bicyclic) bond motifs is 1. The molecule has 1 aliphatic rings. The molecule has 2 N–H and O–H groups in total. The molecule has 1 aliphatic carbocycles. The molecule has 30 heavy (non-hydrogen) atoms. The van der Waals surface area contributed by atoms with E-state index in [-0.39, 0.29) is 11.7 Å². The second-order valence-electron chi connectivity index (χ2n) is 7.88. The van der Waals surface area contributed by atoms with E-state index in [1.165, 1.54) is 5.56 Å². The van der Waals surface area contributed by atoms with E-state index in [1.807, 2.05) is 36.4 Å². The number of carbonyl (C=O) groups excluding carboxylic acids is 1. The summed E-state index contributed by atoms with van der Waals surface area (Å²) in [6, 6.07) is 13.6. The molecule has 0 fully saturated rings. The van der Waals surface area contributed by atoms with Crippen molar-refractivity contribution in [1.82, 2.24) is 9.97 Å². The molecular weight excluding hydrogens is 376 g/mol. The Morgan fingerprint density at radius 3 is 2.50 bits per heavy atom. The fourth-order valence-electron chi connectivity index (χ4n) is 3.73. The molecule has 0 saturated heterocycles. The minimum absolute atomic E-state index is 0.0903. The van der Waals surface area contributed by atoms with E-state index in [4.69, 9.17) is 4.74 Å². The lowest BCUT2D eigenvalue weighted by molar-refractivity contribution is 0.0953. The summed E-state index contributed by atoms with van der Waals surface area (Å²) in [6.07, 6.45) is 1.27. The molecule has 0 saturated carbocycles. The highest BCUT2D eigenvalue weighted by Gasteiger charge is 2.28. The molecule has 0 spiro atoms. The number of aryl methyl sites for hydroxylation is 1. The standard InChI is InChI=1S/C24H26N4O2/c1-14-12-20-22(21(29)13-14)23(26-19-7-5-6-15(2)16(19)3)28-24(27-20)25-17-8-10-18(30-4)11-9-17/h5-11,14H,12-13H2,1-4H3,(H2,25,26,27,28). The van der Waals surface area contributed by atoms with Crippen molar-refractivity contribution in [1.29, 1.82) is 0 Å². The van der Waals surface area contributed by atoms with Crippen LogP contribution in [0.4, 0.5) is 23.1 Å². The maximum absolute atomic E-state index is 12.8. The summed E-state index contributed by atoms with van der Waals surface area (Å²) in [5.41, 5.74) is 5.50. The molecule has 2 aromatic carbocycles. The molecule has 1 heterocycles. The van der Waals surface area contributed by atoms with Crippen LogP contribution in [0.2, 0.25) is 0 Å². The fourth-order valence-corrected chi connectivity index (χ4v) is 3.73. The summed E-state index contributed by atoms with van der Waals surface area (Å²) in [5, 5.41) is 6.66. The van der Waals surface area contributed by atoms with Gasteiger partial charge in [0.25, 0.3) is 0 Å². The average molecular weight is 402 g/mol. The van der Waals surface area contributed by atoms with Crippen LogP contribution in [0.1, 0.15) is 40.5 Å². The van der Waals surface area contributed by atoms with Crippen molar-refractivity contribution >= 4 is 28.9 Å². The third kappa shape index (κ3) is 3.99. The van der Waals surface area contributed by atoms with Gasteiger partial charge in [-0.15, -0.1) is 0 Å². The normalized spacial score (nSPS) is 15.5. The van der Waals surface area contributed by atoms with E-state index in [1.54, 1.807) is 7.11 Å². The number of rotatable bonds is 5. The molecule has 154 valence electrons. The van der Waals surface area contributed by atoms with Crippen LogP contribution in [-0.2, 0) is 6.42 Å². The Morgan fingerprint density at radius 2 is 1.77 bits per heavy atom. The summed E-state index contributed by atoms with van der Waals surface area (Å²) in [5.74, 6) is 2.16. The van der Waals surface area contributed by atoms with Crippen molar-refractivity contribution < 1.29 is 9.53 Å². The maximum atomic E-state index is 12.8. The summed E-state index contributed by atoms with van der Waals surface area (Å²) in [6.45, 7) is 6.21. The van der Waals surface area contributed by atoms with Crippen LogP contribution >= 0.6 is 0 Å². The summed E-state index contributed by atoms with van der Waals surface area (Å²) in [7, 11) is 1.64. The molecule has 3 aromatic rings. The molecule has 0 amide bonds. The molecule has 1 atom stereocenters. The monoisotopic (exact) mass is 402 g/mol. The zero-order valence-electron chi connectivity index (χ0n) is 17.7. The smallest absolute Gasteiger partial charge is 0.229 e. The number of anilines is 4. The quantitative estimate of drug-likeness (QED) is 0.599. The number of hydrogen-bond acceptors (Lipinski definition) is 6. The van der Waals surface area contributed by atoms with Crippen molar-refractivity contribution in [3.05, 3.63) is 64.8 Å². The van der Waals surface area contributed by atoms with Gasteiger partial charge >= 0.3 is 0 Å². The minimum Gasteiger partial charge on any atom is -0.497 e. The summed E-state index contributed by atoms with van der Waals surface area (Å²) in [4.78, 5) is 22.2. The van der Waals surface area contributed by atoms with Crippen molar-refractivity contribution in [3.63, 3.8) is 0 Å². The van der Waals surface area contributed by atoms with Gasteiger partial charge in [0.05, 0.1) is 18.4 Å². The number of nitrogens with zero attached hydrogens (tertiary/aromatic N) is 2. The number of ether oxygens (including phenoxy) is 1. The lowest BCUT2D eigenvalue weighted by atomic mass is 9.87. The third-order valence-electron chi connectivity index (χ3n) is 5.54. The first-order valence-corrected chi connectivity index (χ1v) is 10.1. The van der Waals surface area contributed by atoms with Gasteiger partial charge in [0.1, 0.15) is 11.6 Å². The number of aromatic nitrogens is 2. The summed E-state index contributed by atoms with van der Waals surface area (Å²) < 4.78 is 5.22. The van der Waals surface area contributed by atoms with Gasteiger partial charge in [0.2, 0.25) is 5.95 Å². The summed E-state index contributed by atoms with van der Waals surface area (Å²) >= 11 is 0. The van der Waals surface area contributed by atoms with Crippen LogP contribution in [0.15, 0.2) is 42.5 Å². The highest BCUT2D eigenvalue weighted by Crippen LogP contribution is 2.33. The predicted octanol–water partition coefficient (Wildman–Crippen LogP) is 5.35. The first-order valence-electron chi connectivity index (χ1n) is 10.1. The lowest BCUT2D eigenvalue weighted by Crippen LogP contribution is -2.22. The lowest BCUT2D eigenvalue weighted by Gasteiger charge is -2.23. The second kappa shape index (κ2) is 8.14. The molecule has 0 radical (unpaired) electrons. The van der Waals surface area contributed by atoms with Gasteiger partial charge in [-0.3, -0.25) is 4.79 Å². The van der Waals surface area contributed by atoms with E-state index < -0.39 is 0 Å². The molecule has 1 aromatic heterocycles. The number of benzene rings is 2. The highest BCUT2D eigenvalue weighted by atomic mass is 16.5. The maximum Gasteiger partial charge on any atom is 0.229 e. The van der Waals surface area contributed by atoms with Gasteiger partial charge < -0.3 is 15.4 Å². The number of methoxy groups -OCH3 is 1. The van der Waals surface area contributed by atoms with Gasteiger partial charge in [-0.1, -0.05) is 19.1 Å². The molecule has 0 aliphatic heterocycles.